The minimum Gasteiger partial charge on any atom is -0.418 e. The summed E-state index contributed by atoms with van der Waals surface area (Å²) < 4.78 is 84.4. The lowest BCUT2D eigenvalue weighted by Gasteiger charge is -2.29. The Labute approximate surface area is 204 Å². The fourth-order valence-corrected chi connectivity index (χ4v) is 3.65. The van der Waals surface area contributed by atoms with Crippen LogP contribution in [0.15, 0.2) is 0 Å². The van der Waals surface area contributed by atoms with Crippen LogP contribution in [0.1, 0.15) is 32.6 Å². The van der Waals surface area contributed by atoms with Gasteiger partial charge in [0.15, 0.2) is 0 Å². The van der Waals surface area contributed by atoms with Crippen molar-refractivity contribution in [2.45, 2.75) is 38.6 Å². The Hall–Kier alpha value is -2.84. The van der Waals surface area contributed by atoms with Gasteiger partial charge < -0.3 is 30.6 Å². The number of aromatic nitrogens is 3. The van der Waals surface area contributed by atoms with Gasteiger partial charge in [-0.2, -0.15) is 23.7 Å². The van der Waals surface area contributed by atoms with Gasteiger partial charge in [0.25, 0.3) is 0 Å². The largest absolute Gasteiger partial charge is 0.418 e. The normalized spacial score (nSPS) is 17.8. The summed E-state index contributed by atoms with van der Waals surface area (Å²) in [5.41, 5.74) is 5.33. The van der Waals surface area contributed by atoms with E-state index in [1.807, 2.05) is 0 Å². The zero-order chi connectivity index (χ0) is 26.1. The molecule has 36 heavy (non-hydrogen) atoms. The number of halogens is 5. The van der Waals surface area contributed by atoms with Gasteiger partial charge >= 0.3 is 6.01 Å². The van der Waals surface area contributed by atoms with Crippen LogP contribution in [0.5, 0.6) is 11.8 Å². The molecule has 1 heterocycles. The van der Waals surface area contributed by atoms with E-state index in [0.29, 0.717) is 32.3 Å². The number of ether oxygens (including phenoxy) is 3. The van der Waals surface area contributed by atoms with Crippen LogP contribution in [0.2, 0.25) is 0 Å². The van der Waals surface area contributed by atoms with Gasteiger partial charge in [0.2, 0.25) is 46.7 Å². The Morgan fingerprint density at radius 2 is 1.42 bits per heavy atom. The predicted octanol–water partition coefficient (Wildman–Crippen LogP) is 3.75. The van der Waals surface area contributed by atoms with Crippen LogP contribution in [0.25, 0.3) is 0 Å². The topological polar surface area (TPSA) is 116 Å². The Balaban J connectivity index is 1.76. The summed E-state index contributed by atoms with van der Waals surface area (Å²) in [7, 11) is 0. The third kappa shape index (κ3) is 7.34. The highest BCUT2D eigenvalue weighted by atomic mass is 19.2. The van der Waals surface area contributed by atoms with Crippen molar-refractivity contribution in [2.75, 3.05) is 50.2 Å². The maximum absolute atomic E-state index is 14.1. The molecule has 2 aromatic rings. The standard InChI is InChI=1S/C22H29F5N6O3/c1-12-4-2-3-5-13(12)30-21-31-20(29-7-9-35-11-10-34-8-6-28)32-22(33-21)36-19-17(26)15(24)14(23)16(25)18(19)27/h12-13H,2-11,28H2,1H3,(H2,29,30,31,32,33). The number of nitrogens with two attached hydrogens (primary N) is 1. The average Bonchev–Trinajstić information content (AvgIpc) is 2.87. The summed E-state index contributed by atoms with van der Waals surface area (Å²) in [5.74, 6) is -12.1. The molecule has 0 spiro atoms. The van der Waals surface area contributed by atoms with Gasteiger partial charge in [-0.3, -0.25) is 0 Å². The fraction of sp³-hybridized carbons (Fsp3) is 0.591. The predicted molar refractivity (Wildman–Crippen MR) is 120 cm³/mol. The molecule has 200 valence electrons. The number of benzene rings is 1. The summed E-state index contributed by atoms with van der Waals surface area (Å²) >= 11 is 0. The quantitative estimate of drug-likeness (QED) is 0.157. The van der Waals surface area contributed by atoms with E-state index in [2.05, 4.69) is 32.5 Å². The first-order chi connectivity index (χ1) is 17.3. The maximum Gasteiger partial charge on any atom is 0.328 e. The fourth-order valence-electron chi connectivity index (χ4n) is 3.65. The van der Waals surface area contributed by atoms with Crippen LogP contribution >= 0.6 is 0 Å². The molecule has 1 aromatic carbocycles. The highest BCUT2D eigenvalue weighted by Gasteiger charge is 2.29. The molecule has 1 fully saturated rings. The number of anilines is 2. The van der Waals surface area contributed by atoms with Gasteiger partial charge in [0, 0.05) is 19.1 Å². The van der Waals surface area contributed by atoms with Crippen LogP contribution < -0.4 is 21.1 Å². The van der Waals surface area contributed by atoms with Crippen LogP contribution in [0, 0.1) is 35.0 Å². The Bertz CT molecular complexity index is 990. The van der Waals surface area contributed by atoms with E-state index in [9.17, 15) is 22.0 Å². The Kier molecular flexibility index (Phi) is 10.4. The first-order valence-electron chi connectivity index (χ1n) is 11.6. The molecular weight excluding hydrogens is 491 g/mol. The second kappa shape index (κ2) is 13.5. The SMILES string of the molecule is CC1CCCCC1Nc1nc(NCCOCCOCCN)nc(Oc2c(F)c(F)c(F)c(F)c2F)n1. The zero-order valence-corrected chi connectivity index (χ0v) is 19.8. The molecule has 0 bridgehead atoms. The lowest BCUT2D eigenvalue weighted by Crippen LogP contribution is -2.31. The number of nitrogens with zero attached hydrogens (tertiary/aromatic N) is 3. The lowest BCUT2D eigenvalue weighted by molar-refractivity contribution is 0.0547. The molecule has 1 aliphatic rings. The molecule has 1 aromatic heterocycles. The highest BCUT2D eigenvalue weighted by molar-refractivity contribution is 5.39. The maximum atomic E-state index is 14.1. The second-order valence-corrected chi connectivity index (χ2v) is 8.22. The van der Waals surface area contributed by atoms with E-state index in [0.717, 1.165) is 25.7 Å². The van der Waals surface area contributed by atoms with E-state index >= 15 is 0 Å². The zero-order valence-electron chi connectivity index (χ0n) is 19.8. The molecule has 4 N–H and O–H groups in total. The molecule has 0 saturated heterocycles. The summed E-state index contributed by atoms with van der Waals surface area (Å²) in [4.78, 5) is 12.1. The minimum absolute atomic E-state index is 0.0212. The molecule has 14 heteroatoms. The molecule has 0 aliphatic heterocycles. The molecule has 1 aliphatic carbocycles. The van der Waals surface area contributed by atoms with Gasteiger partial charge in [-0.25, -0.2) is 13.2 Å². The van der Waals surface area contributed by atoms with Crippen molar-refractivity contribution in [1.82, 2.24) is 15.0 Å². The van der Waals surface area contributed by atoms with Gasteiger partial charge in [0.05, 0.1) is 26.4 Å². The Morgan fingerprint density at radius 3 is 2.08 bits per heavy atom. The number of hydrogen-bond donors (Lipinski definition) is 3. The average molecular weight is 521 g/mol. The smallest absolute Gasteiger partial charge is 0.328 e. The van der Waals surface area contributed by atoms with E-state index in [1.165, 1.54) is 0 Å². The Morgan fingerprint density at radius 1 is 0.806 bits per heavy atom. The van der Waals surface area contributed by atoms with Crippen LogP contribution in [-0.4, -0.2) is 60.5 Å². The molecule has 2 unspecified atom stereocenters. The second-order valence-electron chi connectivity index (χ2n) is 8.22. The third-order valence-corrected chi connectivity index (χ3v) is 5.57. The van der Waals surface area contributed by atoms with Crippen molar-refractivity contribution >= 4 is 11.9 Å². The van der Waals surface area contributed by atoms with Gasteiger partial charge in [-0.1, -0.05) is 19.8 Å². The summed E-state index contributed by atoms with van der Waals surface area (Å²) in [6.45, 7) is 4.09. The highest BCUT2D eigenvalue weighted by Crippen LogP contribution is 2.32. The van der Waals surface area contributed by atoms with Crippen molar-refractivity contribution in [2.24, 2.45) is 11.7 Å². The molecule has 0 radical (unpaired) electrons. The molecular formula is C22H29F5N6O3. The van der Waals surface area contributed by atoms with Gasteiger partial charge in [0.1, 0.15) is 0 Å². The first kappa shape index (κ1) is 27.7. The monoisotopic (exact) mass is 520 g/mol. The van der Waals surface area contributed by atoms with Gasteiger partial charge in [-0.05, 0) is 18.8 Å². The van der Waals surface area contributed by atoms with Crippen LogP contribution in [-0.2, 0) is 9.47 Å². The van der Waals surface area contributed by atoms with Crippen molar-refractivity contribution in [3.8, 4) is 11.8 Å². The van der Waals surface area contributed by atoms with E-state index in [-0.39, 0.29) is 31.1 Å². The van der Waals surface area contributed by atoms with Crippen LogP contribution in [0.4, 0.5) is 33.8 Å². The van der Waals surface area contributed by atoms with Crippen LogP contribution in [0.3, 0.4) is 0 Å². The summed E-state index contributed by atoms with van der Waals surface area (Å²) in [6.07, 6.45) is 3.94. The summed E-state index contributed by atoms with van der Waals surface area (Å²) in [6, 6.07) is -0.634. The molecule has 1 saturated carbocycles. The third-order valence-electron chi connectivity index (χ3n) is 5.57. The number of nitrogens with one attached hydrogen (secondary N) is 2. The van der Waals surface area contributed by atoms with Crippen molar-refractivity contribution in [1.29, 1.82) is 0 Å². The lowest BCUT2D eigenvalue weighted by atomic mass is 9.86. The van der Waals surface area contributed by atoms with E-state index in [4.69, 9.17) is 19.9 Å². The van der Waals surface area contributed by atoms with Gasteiger partial charge in [-0.15, -0.1) is 0 Å². The molecule has 0 amide bonds. The van der Waals surface area contributed by atoms with E-state index < -0.39 is 40.8 Å². The minimum atomic E-state index is -2.29. The first-order valence-corrected chi connectivity index (χ1v) is 11.6. The number of rotatable bonds is 13. The van der Waals surface area contributed by atoms with E-state index in [1.54, 1.807) is 0 Å². The number of hydrogen-bond acceptors (Lipinski definition) is 9. The van der Waals surface area contributed by atoms with Crippen molar-refractivity contribution < 1.29 is 36.2 Å². The molecule has 3 rings (SSSR count). The molecule has 9 nitrogen and oxygen atoms in total. The molecule has 2 atom stereocenters. The van der Waals surface area contributed by atoms with Crippen molar-refractivity contribution in [3.63, 3.8) is 0 Å². The summed E-state index contributed by atoms with van der Waals surface area (Å²) in [5, 5.41) is 6.01. The van der Waals surface area contributed by atoms with Crippen molar-refractivity contribution in [3.05, 3.63) is 29.1 Å².